The highest BCUT2D eigenvalue weighted by molar-refractivity contribution is 5.81. The number of hydrogen-bond donors (Lipinski definition) is 2. The van der Waals surface area contributed by atoms with Gasteiger partial charge in [0.05, 0.1) is 17.9 Å². The Hall–Kier alpha value is -2.09. The van der Waals surface area contributed by atoms with Crippen LogP contribution in [0.25, 0.3) is 0 Å². The van der Waals surface area contributed by atoms with E-state index < -0.39 is 47.7 Å². The molecule has 1 aromatic rings. The average molecular weight is 347 g/mol. The van der Waals surface area contributed by atoms with Crippen LogP contribution in [0.15, 0.2) is 24.3 Å². The molecule has 0 radical (unpaired) electrons. The molecule has 0 aliphatic rings. The van der Waals surface area contributed by atoms with E-state index in [1.807, 2.05) is 0 Å². The molecule has 0 bridgehead atoms. The van der Waals surface area contributed by atoms with Gasteiger partial charge in [0.25, 0.3) is 0 Å². The van der Waals surface area contributed by atoms with Gasteiger partial charge in [-0.05, 0) is 32.4 Å². The molecule has 134 valence electrons. The third-order valence-electron chi connectivity index (χ3n) is 3.07. The minimum absolute atomic E-state index is 0.0344. The topological polar surface area (TPSA) is 89.6 Å². The van der Waals surface area contributed by atoms with Crippen LogP contribution in [0.5, 0.6) is 0 Å². The molecule has 0 aliphatic carbocycles. The van der Waals surface area contributed by atoms with Crippen LogP contribution in [-0.2, 0) is 20.5 Å². The van der Waals surface area contributed by atoms with E-state index in [0.717, 1.165) is 18.2 Å². The minimum atomic E-state index is -4.59. The quantitative estimate of drug-likeness (QED) is 0.800. The van der Waals surface area contributed by atoms with Crippen LogP contribution in [0, 0.1) is 0 Å². The lowest BCUT2D eigenvalue weighted by Crippen LogP contribution is -2.39. The van der Waals surface area contributed by atoms with E-state index in [9.17, 15) is 22.8 Å². The lowest BCUT2D eigenvalue weighted by molar-refractivity contribution is -0.157. The predicted octanol–water partition coefficient (Wildman–Crippen LogP) is 2.93. The Morgan fingerprint density at radius 3 is 2.29 bits per heavy atom. The molecule has 0 unspecified atom stereocenters. The maximum Gasteiger partial charge on any atom is 0.416 e. The summed E-state index contributed by atoms with van der Waals surface area (Å²) in [4.78, 5) is 23.2. The van der Waals surface area contributed by atoms with Gasteiger partial charge in [0.1, 0.15) is 5.60 Å². The Balaban J connectivity index is 3.27. The highest BCUT2D eigenvalue weighted by Gasteiger charge is 2.36. The van der Waals surface area contributed by atoms with Gasteiger partial charge in [-0.2, -0.15) is 13.2 Å². The second kappa shape index (κ2) is 7.21. The van der Waals surface area contributed by atoms with Crippen LogP contribution in [-0.4, -0.2) is 28.7 Å². The summed E-state index contributed by atoms with van der Waals surface area (Å²) in [5.74, 6) is -3.44. The number of nitrogens with two attached hydrogens (primary N) is 1. The van der Waals surface area contributed by atoms with Crippen molar-refractivity contribution in [3.63, 3.8) is 0 Å². The molecule has 5 nitrogen and oxygen atoms in total. The van der Waals surface area contributed by atoms with Crippen molar-refractivity contribution in [3.05, 3.63) is 35.4 Å². The monoisotopic (exact) mass is 347 g/mol. The van der Waals surface area contributed by atoms with Gasteiger partial charge in [0.15, 0.2) is 0 Å². The molecule has 0 saturated carbocycles. The van der Waals surface area contributed by atoms with Gasteiger partial charge in [-0.25, -0.2) is 0 Å². The maximum absolute atomic E-state index is 12.9. The summed E-state index contributed by atoms with van der Waals surface area (Å²) in [6.45, 7) is 4.78. The Bertz CT molecular complexity index is 608. The highest BCUT2D eigenvalue weighted by atomic mass is 19.4. The molecule has 8 heteroatoms. The van der Waals surface area contributed by atoms with E-state index in [-0.39, 0.29) is 5.56 Å². The SMILES string of the molecule is CC(C)(C)OC(=O)[C@@H](c1cccc(C(F)(F)F)c1)[C@H](N)CC(=O)O. The van der Waals surface area contributed by atoms with Crippen molar-refractivity contribution in [1.29, 1.82) is 0 Å². The second-order valence-electron chi connectivity index (χ2n) is 6.40. The number of carboxylic acid groups (broad SMARTS) is 1. The van der Waals surface area contributed by atoms with Crippen LogP contribution in [0.1, 0.15) is 44.2 Å². The largest absolute Gasteiger partial charge is 0.481 e. The molecular weight excluding hydrogens is 327 g/mol. The smallest absolute Gasteiger partial charge is 0.416 e. The first kappa shape index (κ1) is 20.0. The number of esters is 1. The van der Waals surface area contributed by atoms with Crippen molar-refractivity contribution >= 4 is 11.9 Å². The molecule has 1 rings (SSSR count). The number of carbonyl (C=O) groups is 2. The Labute approximate surface area is 137 Å². The van der Waals surface area contributed by atoms with Gasteiger partial charge in [-0.1, -0.05) is 18.2 Å². The van der Waals surface area contributed by atoms with Gasteiger partial charge in [0.2, 0.25) is 0 Å². The number of ether oxygens (including phenoxy) is 1. The molecule has 0 aliphatic heterocycles. The summed E-state index contributed by atoms with van der Waals surface area (Å²) in [5, 5.41) is 8.87. The molecule has 24 heavy (non-hydrogen) atoms. The zero-order valence-corrected chi connectivity index (χ0v) is 13.6. The van der Waals surface area contributed by atoms with Crippen LogP contribution in [0.3, 0.4) is 0 Å². The van der Waals surface area contributed by atoms with E-state index in [2.05, 4.69) is 0 Å². The van der Waals surface area contributed by atoms with E-state index in [0.29, 0.717) is 0 Å². The summed E-state index contributed by atoms with van der Waals surface area (Å²) < 4.78 is 43.8. The first-order valence-corrected chi connectivity index (χ1v) is 7.18. The number of rotatable bonds is 5. The van der Waals surface area contributed by atoms with Crippen LogP contribution in [0.2, 0.25) is 0 Å². The third-order valence-corrected chi connectivity index (χ3v) is 3.07. The zero-order chi connectivity index (χ0) is 18.7. The molecule has 0 fully saturated rings. The van der Waals surface area contributed by atoms with Crippen molar-refractivity contribution < 1.29 is 32.6 Å². The van der Waals surface area contributed by atoms with Gasteiger partial charge in [-0.15, -0.1) is 0 Å². The maximum atomic E-state index is 12.9. The normalized spacial score (nSPS) is 14.8. The number of hydrogen-bond acceptors (Lipinski definition) is 4. The summed E-state index contributed by atoms with van der Waals surface area (Å²) >= 11 is 0. The first-order valence-electron chi connectivity index (χ1n) is 7.18. The number of halogens is 3. The van der Waals surface area contributed by atoms with Crippen molar-refractivity contribution in [3.8, 4) is 0 Å². The van der Waals surface area contributed by atoms with Gasteiger partial charge < -0.3 is 15.6 Å². The number of carboxylic acids is 1. The molecule has 0 saturated heterocycles. The van der Waals surface area contributed by atoms with Gasteiger partial charge in [0, 0.05) is 6.04 Å². The fraction of sp³-hybridized carbons (Fsp3) is 0.500. The number of aliphatic carboxylic acids is 1. The van der Waals surface area contributed by atoms with Gasteiger partial charge >= 0.3 is 18.1 Å². The molecule has 0 amide bonds. The van der Waals surface area contributed by atoms with Gasteiger partial charge in [-0.3, -0.25) is 9.59 Å². The van der Waals surface area contributed by atoms with E-state index in [4.69, 9.17) is 15.6 Å². The number of carbonyl (C=O) groups excluding carboxylic acids is 1. The fourth-order valence-corrected chi connectivity index (χ4v) is 2.15. The predicted molar refractivity (Wildman–Crippen MR) is 80.3 cm³/mol. The van der Waals surface area contributed by atoms with Crippen LogP contribution >= 0.6 is 0 Å². The van der Waals surface area contributed by atoms with E-state index in [1.165, 1.54) is 6.07 Å². The molecule has 0 heterocycles. The van der Waals surface area contributed by atoms with Crippen molar-refractivity contribution in [2.45, 2.75) is 50.9 Å². The minimum Gasteiger partial charge on any atom is -0.481 e. The molecule has 0 aromatic heterocycles. The Morgan fingerprint density at radius 2 is 1.83 bits per heavy atom. The molecule has 3 N–H and O–H groups in total. The highest BCUT2D eigenvalue weighted by Crippen LogP contribution is 2.33. The second-order valence-corrected chi connectivity index (χ2v) is 6.40. The summed E-state index contributed by atoms with van der Waals surface area (Å²) in [6.07, 6.45) is -5.18. The fourth-order valence-electron chi connectivity index (χ4n) is 2.15. The first-order chi connectivity index (χ1) is 10.8. The van der Waals surface area contributed by atoms with Crippen molar-refractivity contribution in [2.24, 2.45) is 5.73 Å². The van der Waals surface area contributed by atoms with Crippen LogP contribution in [0.4, 0.5) is 13.2 Å². The van der Waals surface area contributed by atoms with E-state index >= 15 is 0 Å². The third kappa shape index (κ3) is 5.84. The Morgan fingerprint density at radius 1 is 1.25 bits per heavy atom. The number of alkyl halides is 3. The lowest BCUT2D eigenvalue weighted by Gasteiger charge is -2.27. The van der Waals surface area contributed by atoms with Crippen LogP contribution < -0.4 is 5.73 Å². The van der Waals surface area contributed by atoms with Crippen molar-refractivity contribution in [1.82, 2.24) is 0 Å². The average Bonchev–Trinajstić information content (AvgIpc) is 2.34. The molecular formula is C16H20F3NO4. The summed E-state index contributed by atoms with van der Waals surface area (Å²) in [6, 6.07) is 2.87. The standard InChI is InChI=1S/C16H20F3NO4/c1-15(2,3)24-14(23)13(11(20)8-12(21)22)9-5-4-6-10(7-9)16(17,18)19/h4-7,11,13H,8,20H2,1-3H3,(H,21,22)/t11-,13+/m1/s1. The molecule has 2 atom stereocenters. The number of benzene rings is 1. The lowest BCUT2D eigenvalue weighted by atomic mass is 9.89. The van der Waals surface area contributed by atoms with E-state index in [1.54, 1.807) is 20.8 Å². The Kier molecular flexibility index (Phi) is 5.99. The summed E-state index contributed by atoms with van der Waals surface area (Å²) in [5.41, 5.74) is 3.90. The molecule has 0 spiro atoms. The summed E-state index contributed by atoms with van der Waals surface area (Å²) in [7, 11) is 0. The van der Waals surface area contributed by atoms with Crippen molar-refractivity contribution in [2.75, 3.05) is 0 Å². The molecule has 1 aromatic carbocycles. The zero-order valence-electron chi connectivity index (χ0n) is 13.6.